The molecular formula is C20H18F6O2. The van der Waals surface area contributed by atoms with E-state index >= 15 is 0 Å². The Morgan fingerprint density at radius 3 is 2.29 bits per heavy atom. The standard InChI is InChI=1S/C20H18F6O2/c1-2-3-12-5-7-18(27-12)11-4-6-14(15(21)8-11)20(25,26)28-13-9-16(22)19(24)17(23)10-13/h4,6,8-10,12,18H,2-3,5,7H2,1H3. The minimum absolute atomic E-state index is 0.0609. The Morgan fingerprint density at radius 2 is 1.68 bits per heavy atom. The molecule has 2 aromatic rings. The van der Waals surface area contributed by atoms with E-state index in [0.29, 0.717) is 12.0 Å². The third kappa shape index (κ3) is 4.27. The summed E-state index contributed by atoms with van der Waals surface area (Å²) in [5.41, 5.74) is -0.681. The van der Waals surface area contributed by atoms with E-state index in [4.69, 9.17) is 4.74 Å². The number of rotatable bonds is 6. The summed E-state index contributed by atoms with van der Waals surface area (Å²) in [4.78, 5) is 0. The van der Waals surface area contributed by atoms with Crippen LogP contribution >= 0.6 is 0 Å². The van der Waals surface area contributed by atoms with E-state index in [1.165, 1.54) is 6.07 Å². The smallest absolute Gasteiger partial charge is 0.429 e. The third-order valence-electron chi connectivity index (χ3n) is 4.60. The summed E-state index contributed by atoms with van der Waals surface area (Å²) < 4.78 is 92.3. The van der Waals surface area contributed by atoms with Gasteiger partial charge in [-0.25, -0.2) is 17.6 Å². The highest BCUT2D eigenvalue weighted by atomic mass is 19.3. The van der Waals surface area contributed by atoms with Crippen LogP contribution in [0.2, 0.25) is 0 Å². The van der Waals surface area contributed by atoms with Gasteiger partial charge in [0.05, 0.1) is 17.8 Å². The lowest BCUT2D eigenvalue weighted by Gasteiger charge is -2.20. The number of benzene rings is 2. The van der Waals surface area contributed by atoms with Gasteiger partial charge in [0.2, 0.25) is 0 Å². The molecule has 0 saturated carbocycles. The van der Waals surface area contributed by atoms with Gasteiger partial charge in [-0.15, -0.1) is 0 Å². The molecule has 0 aliphatic carbocycles. The number of alkyl halides is 2. The van der Waals surface area contributed by atoms with Crippen molar-refractivity contribution in [3.8, 4) is 5.75 Å². The minimum Gasteiger partial charge on any atom is -0.429 e. The van der Waals surface area contributed by atoms with Crippen LogP contribution in [-0.2, 0) is 10.8 Å². The average molecular weight is 404 g/mol. The fraction of sp³-hybridized carbons (Fsp3) is 0.400. The second kappa shape index (κ2) is 8.03. The van der Waals surface area contributed by atoms with Crippen LogP contribution in [0, 0.1) is 23.3 Å². The first-order chi connectivity index (χ1) is 13.2. The fourth-order valence-corrected chi connectivity index (χ4v) is 3.25. The van der Waals surface area contributed by atoms with E-state index in [1.54, 1.807) is 0 Å². The third-order valence-corrected chi connectivity index (χ3v) is 4.60. The van der Waals surface area contributed by atoms with Crippen molar-refractivity contribution in [2.45, 2.75) is 50.9 Å². The molecule has 2 atom stereocenters. The summed E-state index contributed by atoms with van der Waals surface area (Å²) in [6.07, 6.45) is -1.26. The molecule has 2 aromatic carbocycles. The molecule has 0 bridgehead atoms. The Morgan fingerprint density at radius 1 is 1.00 bits per heavy atom. The molecular weight excluding hydrogens is 386 g/mol. The molecule has 2 nitrogen and oxygen atoms in total. The van der Waals surface area contributed by atoms with E-state index in [1.807, 2.05) is 6.92 Å². The van der Waals surface area contributed by atoms with Crippen LogP contribution in [0.5, 0.6) is 5.75 Å². The Hall–Kier alpha value is -2.22. The molecule has 28 heavy (non-hydrogen) atoms. The summed E-state index contributed by atoms with van der Waals surface area (Å²) in [6.45, 7) is 2.02. The highest BCUT2D eigenvalue weighted by molar-refractivity contribution is 5.31. The zero-order valence-electron chi connectivity index (χ0n) is 15.0. The van der Waals surface area contributed by atoms with Crippen LogP contribution in [-0.4, -0.2) is 6.10 Å². The molecule has 1 aliphatic heterocycles. The molecule has 1 saturated heterocycles. The van der Waals surface area contributed by atoms with Crippen LogP contribution in [0.3, 0.4) is 0 Å². The molecule has 0 aromatic heterocycles. The van der Waals surface area contributed by atoms with Crippen LogP contribution < -0.4 is 4.74 Å². The van der Waals surface area contributed by atoms with Gasteiger partial charge in [-0.05, 0) is 37.0 Å². The second-order valence-electron chi connectivity index (χ2n) is 6.67. The van der Waals surface area contributed by atoms with E-state index in [2.05, 4.69) is 4.74 Å². The highest BCUT2D eigenvalue weighted by Crippen LogP contribution is 2.38. The van der Waals surface area contributed by atoms with Gasteiger partial charge in [0.15, 0.2) is 17.5 Å². The first kappa shape index (κ1) is 20.5. The van der Waals surface area contributed by atoms with Crippen molar-refractivity contribution in [1.82, 2.24) is 0 Å². The first-order valence-corrected chi connectivity index (χ1v) is 8.88. The fourth-order valence-electron chi connectivity index (χ4n) is 3.25. The van der Waals surface area contributed by atoms with Gasteiger partial charge < -0.3 is 9.47 Å². The molecule has 0 N–H and O–H groups in total. The molecule has 0 amide bonds. The number of halogens is 6. The predicted molar refractivity (Wildman–Crippen MR) is 89.0 cm³/mol. The molecule has 1 fully saturated rings. The Bertz CT molecular complexity index is 832. The quantitative estimate of drug-likeness (QED) is 0.410. The van der Waals surface area contributed by atoms with Gasteiger partial charge in [0.1, 0.15) is 11.6 Å². The zero-order valence-corrected chi connectivity index (χ0v) is 15.0. The number of hydrogen-bond acceptors (Lipinski definition) is 2. The average Bonchev–Trinajstić information content (AvgIpc) is 3.08. The van der Waals surface area contributed by atoms with Gasteiger partial charge in [0.25, 0.3) is 0 Å². The molecule has 152 valence electrons. The topological polar surface area (TPSA) is 18.5 Å². The summed E-state index contributed by atoms with van der Waals surface area (Å²) in [7, 11) is 0. The van der Waals surface area contributed by atoms with E-state index in [-0.39, 0.29) is 24.3 Å². The van der Waals surface area contributed by atoms with Crippen molar-refractivity contribution in [1.29, 1.82) is 0 Å². The maximum atomic E-state index is 14.3. The van der Waals surface area contributed by atoms with Crippen LogP contribution in [0.4, 0.5) is 26.3 Å². The van der Waals surface area contributed by atoms with Gasteiger partial charge in [-0.3, -0.25) is 0 Å². The van der Waals surface area contributed by atoms with E-state index < -0.39 is 40.7 Å². The summed E-state index contributed by atoms with van der Waals surface area (Å²) in [6, 6.07) is 3.62. The monoisotopic (exact) mass is 404 g/mol. The first-order valence-electron chi connectivity index (χ1n) is 8.88. The van der Waals surface area contributed by atoms with Crippen molar-refractivity contribution in [3.05, 3.63) is 64.7 Å². The highest BCUT2D eigenvalue weighted by Gasteiger charge is 2.39. The van der Waals surface area contributed by atoms with Gasteiger partial charge >= 0.3 is 6.11 Å². The molecule has 1 aliphatic rings. The lowest BCUT2D eigenvalue weighted by molar-refractivity contribution is -0.187. The minimum atomic E-state index is -4.22. The zero-order chi connectivity index (χ0) is 20.5. The van der Waals surface area contributed by atoms with Crippen molar-refractivity contribution < 1.29 is 35.8 Å². The summed E-state index contributed by atoms with van der Waals surface area (Å²) >= 11 is 0. The summed E-state index contributed by atoms with van der Waals surface area (Å²) in [5, 5.41) is 0. The van der Waals surface area contributed by atoms with Crippen LogP contribution in [0.1, 0.15) is 49.8 Å². The Labute approximate surface area is 158 Å². The molecule has 3 rings (SSSR count). The maximum absolute atomic E-state index is 14.3. The van der Waals surface area contributed by atoms with E-state index in [9.17, 15) is 26.3 Å². The summed E-state index contributed by atoms with van der Waals surface area (Å²) in [5.74, 6) is -7.41. The second-order valence-corrected chi connectivity index (χ2v) is 6.67. The van der Waals surface area contributed by atoms with E-state index in [0.717, 1.165) is 31.4 Å². The Kier molecular flexibility index (Phi) is 5.88. The maximum Gasteiger partial charge on any atom is 0.429 e. The number of hydrogen-bond donors (Lipinski definition) is 0. The van der Waals surface area contributed by atoms with Gasteiger partial charge in [0, 0.05) is 12.1 Å². The predicted octanol–water partition coefficient (Wildman–Crippen LogP) is 6.39. The van der Waals surface area contributed by atoms with Crippen LogP contribution in [0.15, 0.2) is 30.3 Å². The van der Waals surface area contributed by atoms with Gasteiger partial charge in [-0.2, -0.15) is 8.78 Å². The molecule has 1 heterocycles. The lowest BCUT2D eigenvalue weighted by atomic mass is 10.0. The lowest BCUT2D eigenvalue weighted by Crippen LogP contribution is -2.24. The van der Waals surface area contributed by atoms with Gasteiger partial charge in [-0.1, -0.05) is 19.4 Å². The van der Waals surface area contributed by atoms with Crippen LogP contribution in [0.25, 0.3) is 0 Å². The normalized spacial score (nSPS) is 19.8. The van der Waals surface area contributed by atoms with Crippen molar-refractivity contribution in [2.75, 3.05) is 0 Å². The SMILES string of the molecule is CCCC1CCC(c2ccc(C(F)(F)Oc3cc(F)c(F)c(F)c3)c(F)c2)O1. The molecule has 2 unspecified atom stereocenters. The number of ether oxygens (including phenoxy) is 2. The molecule has 0 radical (unpaired) electrons. The van der Waals surface area contributed by atoms with Crippen molar-refractivity contribution >= 4 is 0 Å². The largest absolute Gasteiger partial charge is 0.429 e. The molecule has 0 spiro atoms. The Balaban J connectivity index is 1.79. The van der Waals surface area contributed by atoms with Crippen molar-refractivity contribution in [2.24, 2.45) is 0 Å². The van der Waals surface area contributed by atoms with Crippen molar-refractivity contribution in [3.63, 3.8) is 0 Å². The molecule has 8 heteroatoms.